The molecule has 0 aromatic heterocycles. The van der Waals surface area contributed by atoms with Crippen molar-refractivity contribution < 1.29 is 25.2 Å². The molecule has 0 spiro atoms. The summed E-state index contributed by atoms with van der Waals surface area (Å²) < 4.78 is 5.56. The van der Waals surface area contributed by atoms with Crippen molar-refractivity contribution in [2.45, 2.75) is 63.4 Å². The van der Waals surface area contributed by atoms with Crippen molar-refractivity contribution in [3.63, 3.8) is 0 Å². The summed E-state index contributed by atoms with van der Waals surface area (Å²) >= 11 is 0. The Bertz CT molecular complexity index is 266. The lowest BCUT2D eigenvalue weighted by Crippen LogP contribution is -2.62. The van der Waals surface area contributed by atoms with Crippen LogP contribution in [0.2, 0.25) is 0 Å². The molecule has 1 rings (SSSR count). The molecule has 1 aliphatic rings. The molecule has 1 saturated heterocycles. The monoisotopic (exact) mass is 305 g/mol. The Labute approximate surface area is 127 Å². The summed E-state index contributed by atoms with van der Waals surface area (Å²) in [5.41, 5.74) is 0. The molecule has 0 aromatic carbocycles. The highest BCUT2D eigenvalue weighted by Crippen LogP contribution is 2.18. The van der Waals surface area contributed by atoms with Crippen LogP contribution in [0.5, 0.6) is 0 Å². The van der Waals surface area contributed by atoms with Gasteiger partial charge in [-0.05, 0) is 6.42 Å². The van der Waals surface area contributed by atoms with Crippen molar-refractivity contribution >= 4 is 0 Å². The molecule has 1 heterocycles. The molecule has 0 aliphatic carbocycles. The lowest BCUT2D eigenvalue weighted by atomic mass is 9.94. The van der Waals surface area contributed by atoms with Gasteiger partial charge in [-0.2, -0.15) is 0 Å². The number of hydrogen-bond acceptors (Lipinski definition) is 6. The Morgan fingerprint density at radius 3 is 2.38 bits per heavy atom. The van der Waals surface area contributed by atoms with Gasteiger partial charge < -0.3 is 25.2 Å². The minimum Gasteiger partial charge on any atom is -0.395 e. The van der Waals surface area contributed by atoms with Crippen molar-refractivity contribution in [2.75, 3.05) is 32.9 Å². The van der Waals surface area contributed by atoms with E-state index >= 15 is 0 Å². The second-order valence-corrected chi connectivity index (χ2v) is 5.82. The Morgan fingerprint density at radius 1 is 1.00 bits per heavy atom. The summed E-state index contributed by atoms with van der Waals surface area (Å²) in [6.45, 7) is 3.92. The topological polar surface area (TPSA) is 93.4 Å². The molecule has 1 aliphatic heterocycles. The molecule has 0 radical (unpaired) electrons. The van der Waals surface area contributed by atoms with Crippen molar-refractivity contribution in [3.8, 4) is 0 Å². The van der Waals surface area contributed by atoms with Gasteiger partial charge in [0.05, 0.1) is 25.4 Å². The third kappa shape index (κ3) is 6.18. The Hall–Kier alpha value is -0.240. The van der Waals surface area contributed by atoms with Crippen molar-refractivity contribution in [1.82, 2.24) is 4.90 Å². The van der Waals surface area contributed by atoms with Gasteiger partial charge in [-0.15, -0.1) is 0 Å². The Kier molecular flexibility index (Phi) is 9.39. The number of nitrogens with zero attached hydrogens (tertiary/aromatic N) is 1. The normalized spacial score (nSPS) is 30.7. The fraction of sp³-hybridized carbons (Fsp3) is 1.00. The molecule has 0 saturated carbocycles. The number of aliphatic hydroxyl groups is 4. The SMILES string of the molecule is CCCCCCCOCCN1C[C@H](O)[C@@H](O)[C@H](O)[C@H]1CO. The van der Waals surface area contributed by atoms with Crippen LogP contribution in [0.4, 0.5) is 0 Å². The number of unbranched alkanes of at least 4 members (excludes halogenated alkanes) is 4. The van der Waals surface area contributed by atoms with Crippen LogP contribution in [-0.4, -0.2) is 82.6 Å². The molecule has 6 nitrogen and oxygen atoms in total. The first kappa shape index (κ1) is 18.8. The van der Waals surface area contributed by atoms with E-state index in [9.17, 15) is 20.4 Å². The largest absolute Gasteiger partial charge is 0.395 e. The highest BCUT2D eigenvalue weighted by atomic mass is 16.5. The van der Waals surface area contributed by atoms with Crippen LogP contribution < -0.4 is 0 Å². The second-order valence-electron chi connectivity index (χ2n) is 5.82. The van der Waals surface area contributed by atoms with E-state index in [0.717, 1.165) is 13.0 Å². The number of ether oxygens (including phenoxy) is 1. The third-order valence-corrected chi connectivity index (χ3v) is 4.13. The first-order valence-electron chi connectivity index (χ1n) is 8.08. The maximum absolute atomic E-state index is 9.85. The maximum atomic E-state index is 9.85. The summed E-state index contributed by atoms with van der Waals surface area (Å²) in [4.78, 5) is 1.78. The van der Waals surface area contributed by atoms with Crippen LogP contribution in [0, 0.1) is 0 Å². The van der Waals surface area contributed by atoms with E-state index in [-0.39, 0.29) is 13.2 Å². The zero-order valence-electron chi connectivity index (χ0n) is 13.0. The molecule has 0 aromatic rings. The van der Waals surface area contributed by atoms with E-state index in [2.05, 4.69) is 6.92 Å². The average molecular weight is 305 g/mol. The van der Waals surface area contributed by atoms with E-state index in [1.165, 1.54) is 25.7 Å². The number of piperidine rings is 1. The van der Waals surface area contributed by atoms with Crippen LogP contribution >= 0.6 is 0 Å². The van der Waals surface area contributed by atoms with Gasteiger partial charge in [0.1, 0.15) is 12.2 Å². The van der Waals surface area contributed by atoms with Crippen LogP contribution in [-0.2, 0) is 4.74 Å². The highest BCUT2D eigenvalue weighted by Gasteiger charge is 2.40. The minimum absolute atomic E-state index is 0.239. The van der Waals surface area contributed by atoms with Crippen LogP contribution in [0.25, 0.3) is 0 Å². The zero-order valence-corrected chi connectivity index (χ0v) is 13.0. The van der Waals surface area contributed by atoms with Gasteiger partial charge in [0.25, 0.3) is 0 Å². The standard InChI is InChI=1S/C15H31NO5/c1-2-3-4-5-6-8-21-9-7-16-10-13(18)15(20)14(19)12(16)11-17/h12-15,17-20H,2-11H2,1H3/t12-,13+,14-,15-/m1/s1. The maximum Gasteiger partial charge on any atom is 0.109 e. The van der Waals surface area contributed by atoms with Crippen LogP contribution in [0.1, 0.15) is 39.0 Å². The predicted octanol–water partition coefficient (Wildman–Crippen LogP) is -0.267. The Morgan fingerprint density at radius 2 is 1.71 bits per heavy atom. The van der Waals surface area contributed by atoms with Crippen molar-refractivity contribution in [2.24, 2.45) is 0 Å². The van der Waals surface area contributed by atoms with Gasteiger partial charge in [0.15, 0.2) is 0 Å². The predicted molar refractivity (Wildman–Crippen MR) is 80.0 cm³/mol. The summed E-state index contributed by atoms with van der Waals surface area (Å²) in [6.07, 6.45) is 2.66. The van der Waals surface area contributed by atoms with E-state index in [4.69, 9.17) is 4.74 Å². The van der Waals surface area contributed by atoms with E-state index in [1.54, 1.807) is 4.90 Å². The second kappa shape index (κ2) is 10.5. The molecule has 126 valence electrons. The minimum atomic E-state index is -1.20. The molecule has 1 fully saturated rings. The first-order chi connectivity index (χ1) is 10.1. The number of aliphatic hydroxyl groups excluding tert-OH is 4. The van der Waals surface area contributed by atoms with Gasteiger partial charge in [-0.25, -0.2) is 0 Å². The molecule has 6 heteroatoms. The van der Waals surface area contributed by atoms with Crippen LogP contribution in [0.15, 0.2) is 0 Å². The van der Waals surface area contributed by atoms with E-state index < -0.39 is 24.4 Å². The van der Waals surface area contributed by atoms with Gasteiger partial charge in [-0.3, -0.25) is 4.90 Å². The van der Waals surface area contributed by atoms with Crippen molar-refractivity contribution in [3.05, 3.63) is 0 Å². The quantitative estimate of drug-likeness (QED) is 0.415. The molecule has 4 atom stereocenters. The smallest absolute Gasteiger partial charge is 0.109 e. The van der Waals surface area contributed by atoms with Gasteiger partial charge in [0, 0.05) is 19.7 Å². The zero-order chi connectivity index (χ0) is 15.7. The molecule has 0 bridgehead atoms. The summed E-state index contributed by atoms with van der Waals surface area (Å²) in [5.74, 6) is 0. The number of likely N-dealkylation sites (tertiary alicyclic amines) is 1. The average Bonchev–Trinajstić information content (AvgIpc) is 2.48. The lowest BCUT2D eigenvalue weighted by Gasteiger charge is -2.43. The summed E-state index contributed by atoms with van der Waals surface area (Å²) in [6, 6.07) is -0.545. The number of rotatable bonds is 10. The van der Waals surface area contributed by atoms with E-state index in [0.29, 0.717) is 13.2 Å². The summed E-state index contributed by atoms with van der Waals surface area (Å²) in [7, 11) is 0. The molecule has 0 unspecified atom stereocenters. The van der Waals surface area contributed by atoms with Crippen molar-refractivity contribution in [1.29, 1.82) is 0 Å². The Balaban J connectivity index is 2.18. The number of hydrogen-bond donors (Lipinski definition) is 4. The third-order valence-electron chi connectivity index (χ3n) is 4.13. The molecular formula is C15H31NO5. The fourth-order valence-corrected chi connectivity index (χ4v) is 2.73. The lowest BCUT2D eigenvalue weighted by molar-refractivity contribution is -0.147. The van der Waals surface area contributed by atoms with Gasteiger partial charge >= 0.3 is 0 Å². The highest BCUT2D eigenvalue weighted by molar-refractivity contribution is 4.93. The first-order valence-corrected chi connectivity index (χ1v) is 8.08. The molecule has 21 heavy (non-hydrogen) atoms. The van der Waals surface area contributed by atoms with E-state index in [1.807, 2.05) is 0 Å². The molecule has 4 N–H and O–H groups in total. The van der Waals surface area contributed by atoms with Crippen LogP contribution in [0.3, 0.4) is 0 Å². The fourth-order valence-electron chi connectivity index (χ4n) is 2.73. The molecule has 0 amide bonds. The molecular weight excluding hydrogens is 274 g/mol. The van der Waals surface area contributed by atoms with Gasteiger partial charge in [-0.1, -0.05) is 32.6 Å². The van der Waals surface area contributed by atoms with Gasteiger partial charge in [0.2, 0.25) is 0 Å². The summed E-state index contributed by atoms with van der Waals surface area (Å²) in [5, 5.41) is 38.5. The number of β-amino-alcohol motifs (C(OH)–C–C–N with tert-alkyl or cyclic N) is 1.